The molecule has 1 fully saturated rings. The Hall–Kier alpha value is -0.890. The first kappa shape index (κ1) is 16.5. The van der Waals surface area contributed by atoms with Crippen molar-refractivity contribution in [3.8, 4) is 0 Å². The van der Waals surface area contributed by atoms with Crippen molar-refractivity contribution in [1.82, 2.24) is 10.0 Å². The van der Waals surface area contributed by atoms with Gasteiger partial charge in [0, 0.05) is 18.6 Å². The van der Waals surface area contributed by atoms with Gasteiger partial charge in [-0.15, -0.1) is 0 Å². The number of hydrogen-bond acceptors (Lipinski definition) is 5. The molecule has 21 heavy (non-hydrogen) atoms. The summed E-state index contributed by atoms with van der Waals surface area (Å²) in [4.78, 5) is 0. The molecule has 3 N–H and O–H groups in total. The Labute approximate surface area is 126 Å². The van der Waals surface area contributed by atoms with E-state index < -0.39 is 10.0 Å². The second kappa shape index (κ2) is 6.48. The normalized spacial score (nSPS) is 17.3. The van der Waals surface area contributed by atoms with Crippen LogP contribution in [-0.4, -0.2) is 33.2 Å². The van der Waals surface area contributed by atoms with Crippen LogP contribution in [0.15, 0.2) is 21.6 Å². The third-order valence-corrected chi connectivity index (χ3v) is 4.96. The maximum atomic E-state index is 12.1. The third-order valence-electron chi connectivity index (χ3n) is 3.68. The van der Waals surface area contributed by atoms with Crippen LogP contribution in [0.2, 0.25) is 0 Å². The molecule has 0 bridgehead atoms. The number of furan rings is 1. The Balaban J connectivity index is 1.89. The van der Waals surface area contributed by atoms with Crippen LogP contribution in [0.25, 0.3) is 0 Å². The fourth-order valence-corrected chi connectivity index (χ4v) is 3.07. The highest BCUT2D eigenvalue weighted by Crippen LogP contribution is 2.44. The van der Waals surface area contributed by atoms with Gasteiger partial charge in [0.1, 0.15) is 5.76 Å². The summed E-state index contributed by atoms with van der Waals surface area (Å²) < 4.78 is 32.1. The first-order chi connectivity index (χ1) is 9.87. The van der Waals surface area contributed by atoms with E-state index in [1.807, 2.05) is 0 Å². The van der Waals surface area contributed by atoms with Crippen LogP contribution in [0.4, 0.5) is 0 Å². The van der Waals surface area contributed by atoms with Crippen LogP contribution in [0.1, 0.15) is 32.4 Å². The number of aliphatic hydroxyl groups excluding tert-OH is 1. The lowest BCUT2D eigenvalue weighted by atomic mass is 10.1. The Morgan fingerprint density at radius 2 is 2.10 bits per heavy atom. The third kappa shape index (κ3) is 4.54. The number of rotatable bonds is 9. The topological polar surface area (TPSA) is 91.6 Å². The van der Waals surface area contributed by atoms with Crippen molar-refractivity contribution >= 4 is 10.0 Å². The molecular weight excluding hydrogens is 292 g/mol. The molecule has 0 aromatic carbocycles. The molecule has 1 heterocycles. The first-order valence-corrected chi connectivity index (χ1v) is 8.75. The van der Waals surface area contributed by atoms with Crippen LogP contribution in [0, 0.1) is 11.3 Å². The molecule has 1 aliphatic rings. The SMILES string of the molecule is CC(C)CNCc1ccc(S(=O)(=O)NCC2(CO)CC2)o1. The summed E-state index contributed by atoms with van der Waals surface area (Å²) in [6, 6.07) is 3.13. The van der Waals surface area contributed by atoms with E-state index in [4.69, 9.17) is 4.42 Å². The Bertz CT molecular complexity index is 561. The largest absolute Gasteiger partial charge is 0.447 e. The van der Waals surface area contributed by atoms with Crippen molar-refractivity contribution in [2.75, 3.05) is 19.7 Å². The minimum absolute atomic E-state index is 0.0120. The highest BCUT2D eigenvalue weighted by atomic mass is 32.2. The molecule has 0 amide bonds. The molecule has 1 aliphatic carbocycles. The minimum Gasteiger partial charge on any atom is -0.447 e. The molecular formula is C14H24N2O4S. The number of aliphatic hydroxyl groups is 1. The average molecular weight is 316 g/mol. The van der Waals surface area contributed by atoms with E-state index in [1.165, 1.54) is 6.07 Å². The highest BCUT2D eigenvalue weighted by molar-refractivity contribution is 7.89. The van der Waals surface area contributed by atoms with Crippen LogP contribution < -0.4 is 10.0 Å². The van der Waals surface area contributed by atoms with Gasteiger partial charge in [0.2, 0.25) is 5.09 Å². The van der Waals surface area contributed by atoms with Crippen molar-refractivity contribution in [1.29, 1.82) is 0 Å². The lowest BCUT2D eigenvalue weighted by Gasteiger charge is -2.11. The first-order valence-electron chi connectivity index (χ1n) is 7.27. The van der Waals surface area contributed by atoms with Crippen LogP contribution in [0.3, 0.4) is 0 Å². The zero-order valence-electron chi connectivity index (χ0n) is 12.6. The molecule has 7 heteroatoms. The van der Waals surface area contributed by atoms with Gasteiger partial charge in [0.05, 0.1) is 6.54 Å². The van der Waals surface area contributed by atoms with E-state index in [0.29, 0.717) is 18.2 Å². The van der Waals surface area contributed by atoms with Gasteiger partial charge in [-0.25, -0.2) is 13.1 Å². The van der Waals surface area contributed by atoms with Gasteiger partial charge in [-0.3, -0.25) is 0 Å². The molecule has 0 atom stereocenters. The standard InChI is InChI=1S/C14H24N2O4S/c1-11(2)7-15-8-12-3-4-13(20-12)21(18,19)16-9-14(10-17)5-6-14/h3-4,11,15-17H,5-10H2,1-2H3. The van der Waals surface area contributed by atoms with Crippen molar-refractivity contribution < 1.29 is 17.9 Å². The average Bonchev–Trinajstić information content (AvgIpc) is 3.06. The molecule has 6 nitrogen and oxygen atoms in total. The van der Waals surface area contributed by atoms with Crippen molar-refractivity contribution in [2.45, 2.75) is 38.3 Å². The van der Waals surface area contributed by atoms with E-state index in [9.17, 15) is 13.5 Å². The molecule has 1 saturated carbocycles. The van der Waals surface area contributed by atoms with Crippen molar-refractivity contribution in [3.05, 3.63) is 17.9 Å². The summed E-state index contributed by atoms with van der Waals surface area (Å²) in [5.74, 6) is 1.12. The zero-order chi connectivity index (χ0) is 15.5. The van der Waals surface area contributed by atoms with Crippen molar-refractivity contribution in [2.24, 2.45) is 11.3 Å². The van der Waals surface area contributed by atoms with Gasteiger partial charge >= 0.3 is 0 Å². The summed E-state index contributed by atoms with van der Waals surface area (Å²) in [5, 5.41) is 12.3. The zero-order valence-corrected chi connectivity index (χ0v) is 13.4. The number of nitrogens with one attached hydrogen (secondary N) is 2. The summed E-state index contributed by atoms with van der Waals surface area (Å²) in [5.41, 5.74) is -0.263. The van der Waals surface area contributed by atoms with E-state index in [2.05, 4.69) is 23.9 Å². The summed E-state index contributed by atoms with van der Waals surface area (Å²) >= 11 is 0. The Morgan fingerprint density at radius 1 is 1.38 bits per heavy atom. The van der Waals surface area contributed by atoms with E-state index in [1.54, 1.807) is 6.07 Å². The van der Waals surface area contributed by atoms with E-state index in [0.717, 1.165) is 19.4 Å². The Morgan fingerprint density at radius 3 is 2.67 bits per heavy atom. The van der Waals surface area contributed by atoms with Gasteiger partial charge < -0.3 is 14.8 Å². The highest BCUT2D eigenvalue weighted by Gasteiger charge is 2.42. The van der Waals surface area contributed by atoms with Crippen LogP contribution >= 0.6 is 0 Å². The van der Waals surface area contributed by atoms with Gasteiger partial charge in [0.15, 0.2) is 0 Å². The number of sulfonamides is 1. The van der Waals surface area contributed by atoms with Gasteiger partial charge in [0.25, 0.3) is 10.0 Å². The van der Waals surface area contributed by atoms with Crippen LogP contribution in [0.5, 0.6) is 0 Å². The second-order valence-electron chi connectivity index (χ2n) is 6.23. The second-order valence-corrected chi connectivity index (χ2v) is 7.93. The quantitative estimate of drug-likeness (QED) is 0.634. The molecule has 0 spiro atoms. The molecule has 1 aromatic heterocycles. The molecule has 0 radical (unpaired) electrons. The van der Waals surface area contributed by atoms with Crippen molar-refractivity contribution in [3.63, 3.8) is 0 Å². The van der Waals surface area contributed by atoms with Gasteiger partial charge in [-0.2, -0.15) is 0 Å². The predicted octanol–water partition coefficient (Wildman–Crippen LogP) is 1.08. The maximum absolute atomic E-state index is 12.1. The molecule has 0 aliphatic heterocycles. The number of hydrogen-bond donors (Lipinski definition) is 3. The molecule has 0 saturated heterocycles. The fraction of sp³-hybridized carbons (Fsp3) is 0.714. The predicted molar refractivity (Wildman–Crippen MR) is 79.2 cm³/mol. The van der Waals surface area contributed by atoms with Gasteiger partial charge in [-0.1, -0.05) is 13.8 Å². The lowest BCUT2D eigenvalue weighted by Crippen LogP contribution is -2.31. The lowest BCUT2D eigenvalue weighted by molar-refractivity contribution is 0.213. The van der Waals surface area contributed by atoms with Crippen LogP contribution in [-0.2, 0) is 16.6 Å². The minimum atomic E-state index is -3.64. The van der Waals surface area contributed by atoms with Gasteiger partial charge in [-0.05, 0) is 37.4 Å². The molecule has 1 aromatic rings. The summed E-state index contributed by atoms with van der Waals surface area (Å²) in [6.45, 7) is 5.83. The summed E-state index contributed by atoms with van der Waals surface area (Å²) in [7, 11) is -3.64. The molecule has 0 unspecified atom stereocenters. The van der Waals surface area contributed by atoms with E-state index in [-0.39, 0.29) is 23.7 Å². The Kier molecular flexibility index (Phi) is 5.08. The molecule has 2 rings (SSSR count). The summed E-state index contributed by atoms with van der Waals surface area (Å²) in [6.07, 6.45) is 1.71. The molecule has 120 valence electrons. The fourth-order valence-electron chi connectivity index (χ4n) is 1.97. The monoisotopic (exact) mass is 316 g/mol. The van der Waals surface area contributed by atoms with E-state index >= 15 is 0 Å². The smallest absolute Gasteiger partial charge is 0.273 e. The maximum Gasteiger partial charge on any atom is 0.273 e.